The standard InChI is InChI=1S/C41H40O10/c1-27-20-36(50-40(42)32-10-8-30-23-34(14-12-28(30)21-32)46-25-48-38-6-2-4-18-44-38)16-17-37(27)51-41(43)33-11-9-31-24-35(15-13-29(31)22-33)47-26-49-39-7-3-5-19-45-39/h8-17,20-24,38-39H,2-7,18-19,25-26H2,1H3. The monoisotopic (exact) mass is 692 g/mol. The van der Waals surface area contributed by atoms with E-state index >= 15 is 0 Å². The van der Waals surface area contributed by atoms with Gasteiger partial charge >= 0.3 is 11.9 Å². The van der Waals surface area contributed by atoms with Gasteiger partial charge in [0.25, 0.3) is 0 Å². The molecule has 0 bridgehead atoms. The van der Waals surface area contributed by atoms with Gasteiger partial charge in [-0.05, 0) is 139 Å². The minimum Gasteiger partial charge on any atom is -0.467 e. The summed E-state index contributed by atoms with van der Waals surface area (Å²) in [6.07, 6.45) is 5.60. The second-order valence-corrected chi connectivity index (χ2v) is 12.6. The summed E-state index contributed by atoms with van der Waals surface area (Å²) in [7, 11) is 0. The maximum Gasteiger partial charge on any atom is 0.343 e. The minimum absolute atomic E-state index is 0.104. The lowest BCUT2D eigenvalue weighted by Gasteiger charge is -2.22. The number of aryl methyl sites for hydroxylation is 1. The molecule has 5 aromatic rings. The highest BCUT2D eigenvalue weighted by atomic mass is 16.8. The summed E-state index contributed by atoms with van der Waals surface area (Å²) in [5.41, 5.74) is 1.45. The van der Waals surface area contributed by atoms with Crippen LogP contribution >= 0.6 is 0 Å². The highest BCUT2D eigenvalue weighted by Gasteiger charge is 2.17. The molecule has 0 saturated carbocycles. The zero-order valence-corrected chi connectivity index (χ0v) is 28.5. The zero-order chi connectivity index (χ0) is 35.0. The average molecular weight is 693 g/mol. The Balaban J connectivity index is 0.917. The highest BCUT2D eigenvalue weighted by Crippen LogP contribution is 2.28. The number of carbonyl (C=O) groups is 2. The molecule has 2 fully saturated rings. The molecule has 2 heterocycles. The maximum atomic E-state index is 13.1. The van der Waals surface area contributed by atoms with Gasteiger partial charge in [0, 0.05) is 13.2 Å². The van der Waals surface area contributed by atoms with E-state index in [0.717, 1.165) is 60.1 Å². The van der Waals surface area contributed by atoms with Crippen molar-refractivity contribution in [1.82, 2.24) is 0 Å². The average Bonchev–Trinajstić information content (AvgIpc) is 3.16. The Morgan fingerprint density at radius 1 is 0.569 bits per heavy atom. The van der Waals surface area contributed by atoms with Gasteiger partial charge in [-0.2, -0.15) is 0 Å². The number of benzene rings is 5. The topological polar surface area (TPSA) is 108 Å². The van der Waals surface area contributed by atoms with E-state index in [1.165, 1.54) is 0 Å². The van der Waals surface area contributed by atoms with E-state index in [4.69, 9.17) is 37.9 Å². The summed E-state index contributed by atoms with van der Waals surface area (Å²) in [6.45, 7) is 3.42. The first-order valence-corrected chi connectivity index (χ1v) is 17.3. The smallest absolute Gasteiger partial charge is 0.343 e. The molecule has 10 nitrogen and oxygen atoms in total. The molecule has 0 aromatic heterocycles. The van der Waals surface area contributed by atoms with Crippen molar-refractivity contribution < 1.29 is 47.5 Å². The third kappa shape index (κ3) is 9.03. The Kier molecular flexibility index (Phi) is 11.0. The van der Waals surface area contributed by atoms with Gasteiger partial charge < -0.3 is 37.9 Å². The van der Waals surface area contributed by atoms with Crippen LogP contribution in [-0.4, -0.2) is 51.3 Å². The van der Waals surface area contributed by atoms with Crippen molar-refractivity contribution in [3.8, 4) is 23.0 Å². The lowest BCUT2D eigenvalue weighted by atomic mass is 10.1. The van der Waals surface area contributed by atoms with Crippen molar-refractivity contribution >= 4 is 33.5 Å². The fourth-order valence-electron chi connectivity index (χ4n) is 6.05. The van der Waals surface area contributed by atoms with Crippen LogP contribution < -0.4 is 18.9 Å². The molecule has 0 aliphatic carbocycles. The van der Waals surface area contributed by atoms with Gasteiger partial charge in [-0.15, -0.1) is 0 Å². The first-order chi connectivity index (χ1) is 25.0. The quantitative estimate of drug-likeness (QED) is 0.0718. The van der Waals surface area contributed by atoms with Gasteiger partial charge in [0.2, 0.25) is 0 Å². The molecule has 5 aromatic carbocycles. The fourth-order valence-corrected chi connectivity index (χ4v) is 6.05. The van der Waals surface area contributed by atoms with E-state index in [1.54, 1.807) is 49.4 Å². The van der Waals surface area contributed by atoms with Crippen LogP contribution in [0.2, 0.25) is 0 Å². The highest BCUT2D eigenvalue weighted by molar-refractivity contribution is 5.98. The van der Waals surface area contributed by atoms with Gasteiger partial charge in [-0.25, -0.2) is 9.59 Å². The van der Waals surface area contributed by atoms with Crippen molar-refractivity contribution in [2.45, 2.75) is 58.0 Å². The van der Waals surface area contributed by atoms with E-state index in [9.17, 15) is 9.59 Å². The molecule has 2 atom stereocenters. The first kappa shape index (κ1) is 34.4. The number of rotatable bonds is 12. The van der Waals surface area contributed by atoms with Crippen molar-refractivity contribution in [2.24, 2.45) is 0 Å². The molecule has 2 aliphatic heterocycles. The Hall–Kier alpha value is -5.00. The predicted octanol–water partition coefficient (Wildman–Crippen LogP) is 8.50. The number of ether oxygens (including phenoxy) is 8. The minimum atomic E-state index is -0.502. The Morgan fingerprint density at radius 2 is 1.06 bits per heavy atom. The summed E-state index contributed by atoms with van der Waals surface area (Å²) in [5, 5.41) is 3.56. The SMILES string of the molecule is Cc1cc(OC(=O)c2ccc3cc(OCOC4CCCCO4)ccc3c2)ccc1OC(=O)c1ccc2cc(OCOC3CCCCO3)ccc2c1. The number of esters is 2. The van der Waals surface area contributed by atoms with Crippen LogP contribution in [0.15, 0.2) is 91.0 Å². The molecule has 51 heavy (non-hydrogen) atoms. The van der Waals surface area contributed by atoms with Gasteiger partial charge in [0.15, 0.2) is 26.2 Å². The van der Waals surface area contributed by atoms with Crippen LogP contribution in [0.1, 0.15) is 64.8 Å². The number of carbonyl (C=O) groups excluding carboxylic acids is 2. The summed E-state index contributed by atoms with van der Waals surface area (Å²) < 4.78 is 45.4. The maximum absolute atomic E-state index is 13.1. The van der Waals surface area contributed by atoms with Crippen LogP contribution in [-0.2, 0) is 18.9 Å². The van der Waals surface area contributed by atoms with Gasteiger partial charge in [0.1, 0.15) is 23.0 Å². The van der Waals surface area contributed by atoms with Gasteiger partial charge in [-0.1, -0.05) is 24.3 Å². The van der Waals surface area contributed by atoms with Gasteiger partial charge in [-0.3, -0.25) is 0 Å². The number of hydrogen-bond acceptors (Lipinski definition) is 10. The zero-order valence-electron chi connectivity index (χ0n) is 28.5. The Labute approximate surface area is 296 Å². The van der Waals surface area contributed by atoms with Gasteiger partial charge in [0.05, 0.1) is 11.1 Å². The molecule has 0 amide bonds. The summed E-state index contributed by atoms with van der Waals surface area (Å²) >= 11 is 0. The molecule has 2 saturated heterocycles. The van der Waals surface area contributed by atoms with Crippen molar-refractivity contribution in [3.63, 3.8) is 0 Å². The lowest BCUT2D eigenvalue weighted by molar-refractivity contribution is -0.191. The molecule has 2 aliphatic rings. The van der Waals surface area contributed by atoms with Crippen LogP contribution in [0.3, 0.4) is 0 Å². The summed E-state index contributed by atoms with van der Waals surface area (Å²) in [6, 6.07) is 26.8. The molecule has 10 heteroatoms. The number of hydrogen-bond donors (Lipinski definition) is 0. The first-order valence-electron chi connectivity index (χ1n) is 17.3. The molecule has 0 radical (unpaired) electrons. The Bertz CT molecular complexity index is 1990. The number of fused-ring (bicyclic) bond motifs is 2. The molecule has 2 unspecified atom stereocenters. The van der Waals surface area contributed by atoms with E-state index in [-0.39, 0.29) is 26.2 Å². The molecule has 0 spiro atoms. The van der Waals surface area contributed by atoms with Crippen LogP contribution in [0, 0.1) is 6.92 Å². The van der Waals surface area contributed by atoms with E-state index in [2.05, 4.69) is 0 Å². The van der Waals surface area contributed by atoms with Crippen LogP contribution in [0.5, 0.6) is 23.0 Å². The van der Waals surface area contributed by atoms with E-state index in [0.29, 0.717) is 52.9 Å². The molecule has 7 rings (SSSR count). The van der Waals surface area contributed by atoms with E-state index in [1.807, 2.05) is 48.5 Å². The second-order valence-electron chi connectivity index (χ2n) is 12.6. The van der Waals surface area contributed by atoms with Crippen LogP contribution in [0.25, 0.3) is 21.5 Å². The molecule has 0 N–H and O–H groups in total. The van der Waals surface area contributed by atoms with Crippen molar-refractivity contribution in [1.29, 1.82) is 0 Å². The lowest BCUT2D eigenvalue weighted by Crippen LogP contribution is -2.24. The Morgan fingerprint density at radius 3 is 1.57 bits per heavy atom. The molecular weight excluding hydrogens is 652 g/mol. The summed E-state index contributed by atoms with van der Waals surface area (Å²) in [5.74, 6) is 1.03. The van der Waals surface area contributed by atoms with Crippen molar-refractivity contribution in [3.05, 3.63) is 108 Å². The normalized spacial score (nSPS) is 17.6. The third-order valence-electron chi connectivity index (χ3n) is 8.89. The molecular formula is C41H40O10. The van der Waals surface area contributed by atoms with Crippen molar-refractivity contribution in [2.75, 3.05) is 26.8 Å². The second kappa shape index (κ2) is 16.3. The summed E-state index contributed by atoms with van der Waals surface area (Å²) in [4.78, 5) is 26.1. The fraction of sp³-hybridized carbons (Fsp3) is 0.317. The third-order valence-corrected chi connectivity index (χ3v) is 8.89. The molecule has 264 valence electrons. The largest absolute Gasteiger partial charge is 0.467 e. The van der Waals surface area contributed by atoms with Crippen LogP contribution in [0.4, 0.5) is 0 Å². The predicted molar refractivity (Wildman–Crippen MR) is 189 cm³/mol. The van der Waals surface area contributed by atoms with E-state index < -0.39 is 11.9 Å².